The van der Waals surface area contributed by atoms with Crippen LogP contribution in [0.5, 0.6) is 0 Å². The highest BCUT2D eigenvalue weighted by molar-refractivity contribution is 7.71. The zero-order chi connectivity index (χ0) is 20.4. The Morgan fingerprint density at radius 2 is 1.90 bits per heavy atom. The van der Waals surface area contributed by atoms with Crippen molar-refractivity contribution in [2.24, 2.45) is 0 Å². The van der Waals surface area contributed by atoms with Crippen LogP contribution in [-0.2, 0) is 11.3 Å². The zero-order valence-electron chi connectivity index (χ0n) is 16.1. The Bertz CT molecular complexity index is 1080. The number of benzene rings is 2. The summed E-state index contributed by atoms with van der Waals surface area (Å²) >= 11 is 11.7. The Balaban J connectivity index is 1.46. The molecular formula is C21H22ClN5OS. The number of aromatic nitrogens is 3. The van der Waals surface area contributed by atoms with E-state index in [2.05, 4.69) is 15.1 Å². The number of rotatable bonds is 4. The third-order valence-electron chi connectivity index (χ3n) is 5.15. The predicted molar refractivity (Wildman–Crippen MR) is 118 cm³/mol. The van der Waals surface area contributed by atoms with E-state index in [0.29, 0.717) is 23.7 Å². The van der Waals surface area contributed by atoms with E-state index in [-0.39, 0.29) is 12.5 Å². The maximum absolute atomic E-state index is 13.0. The molecule has 1 saturated heterocycles. The maximum atomic E-state index is 13.0. The molecule has 0 radical (unpaired) electrons. The van der Waals surface area contributed by atoms with Gasteiger partial charge in [-0.15, -0.1) is 0 Å². The molecule has 1 fully saturated rings. The van der Waals surface area contributed by atoms with Gasteiger partial charge in [0.2, 0.25) is 5.91 Å². The van der Waals surface area contributed by atoms with Gasteiger partial charge in [-0.05, 0) is 37.3 Å². The number of amides is 1. The number of piperazine rings is 1. The number of hydrogen-bond donors (Lipinski definition) is 1. The number of nitrogens with zero attached hydrogens (tertiary/aromatic N) is 4. The molecule has 2 heterocycles. The van der Waals surface area contributed by atoms with Crippen molar-refractivity contribution in [3.63, 3.8) is 0 Å². The summed E-state index contributed by atoms with van der Waals surface area (Å²) in [4.78, 5) is 17.0. The lowest BCUT2D eigenvalue weighted by Gasteiger charge is -2.36. The van der Waals surface area contributed by atoms with Gasteiger partial charge in [0.1, 0.15) is 6.54 Å². The van der Waals surface area contributed by atoms with Crippen molar-refractivity contribution in [2.75, 3.05) is 31.1 Å². The monoisotopic (exact) mass is 427 g/mol. The number of H-pyrrole nitrogens is 1. The van der Waals surface area contributed by atoms with Gasteiger partial charge in [0.05, 0.1) is 10.7 Å². The summed E-state index contributed by atoms with van der Waals surface area (Å²) in [6.07, 6.45) is 0. The van der Waals surface area contributed by atoms with Gasteiger partial charge in [-0.3, -0.25) is 14.5 Å². The Kier molecular flexibility index (Phi) is 5.69. The van der Waals surface area contributed by atoms with Crippen molar-refractivity contribution in [2.45, 2.75) is 13.5 Å². The highest BCUT2D eigenvalue weighted by atomic mass is 35.5. The van der Waals surface area contributed by atoms with Gasteiger partial charge in [-0.2, -0.15) is 5.10 Å². The molecule has 0 bridgehead atoms. The molecule has 2 aromatic carbocycles. The third kappa shape index (κ3) is 4.21. The average Bonchev–Trinajstić information content (AvgIpc) is 3.09. The van der Waals surface area contributed by atoms with Crippen LogP contribution in [0.15, 0.2) is 48.5 Å². The van der Waals surface area contributed by atoms with Gasteiger partial charge in [-0.1, -0.05) is 47.5 Å². The molecule has 1 aliphatic rings. The first-order chi connectivity index (χ1) is 14.0. The van der Waals surface area contributed by atoms with Crippen molar-refractivity contribution in [3.05, 3.63) is 63.9 Å². The van der Waals surface area contributed by atoms with Crippen molar-refractivity contribution in [1.82, 2.24) is 19.7 Å². The van der Waals surface area contributed by atoms with Gasteiger partial charge < -0.3 is 9.80 Å². The van der Waals surface area contributed by atoms with Crippen molar-refractivity contribution < 1.29 is 4.79 Å². The van der Waals surface area contributed by atoms with E-state index in [0.717, 1.165) is 34.9 Å². The summed E-state index contributed by atoms with van der Waals surface area (Å²) in [6, 6.07) is 15.8. The van der Waals surface area contributed by atoms with Gasteiger partial charge in [0, 0.05) is 31.7 Å². The maximum Gasteiger partial charge on any atom is 0.242 e. The largest absolute Gasteiger partial charge is 0.367 e. The van der Waals surface area contributed by atoms with Crippen LogP contribution in [0.3, 0.4) is 0 Å². The molecule has 4 rings (SSSR count). The number of carbonyl (C=O) groups excluding carboxylic acids is 1. The van der Waals surface area contributed by atoms with E-state index in [1.54, 1.807) is 4.57 Å². The zero-order valence-corrected chi connectivity index (χ0v) is 17.7. The van der Waals surface area contributed by atoms with Gasteiger partial charge >= 0.3 is 0 Å². The molecule has 1 aromatic heterocycles. The molecule has 29 heavy (non-hydrogen) atoms. The molecule has 0 saturated carbocycles. The number of hydrogen-bond acceptors (Lipinski definition) is 4. The molecule has 0 unspecified atom stereocenters. The molecule has 1 N–H and O–H groups in total. The van der Waals surface area contributed by atoms with Crippen LogP contribution in [0.25, 0.3) is 11.4 Å². The minimum Gasteiger partial charge on any atom is -0.367 e. The van der Waals surface area contributed by atoms with Crippen molar-refractivity contribution >= 4 is 35.4 Å². The van der Waals surface area contributed by atoms with Crippen LogP contribution >= 0.6 is 23.8 Å². The highest BCUT2D eigenvalue weighted by Crippen LogP contribution is 2.26. The van der Waals surface area contributed by atoms with Crippen LogP contribution < -0.4 is 4.90 Å². The van der Waals surface area contributed by atoms with E-state index in [9.17, 15) is 4.79 Å². The predicted octanol–water partition coefficient (Wildman–Crippen LogP) is 3.92. The molecule has 0 aliphatic carbocycles. The number of para-hydroxylation sites is 1. The summed E-state index contributed by atoms with van der Waals surface area (Å²) in [5, 5.41) is 7.90. The second-order valence-electron chi connectivity index (χ2n) is 7.13. The second kappa shape index (κ2) is 8.39. The first-order valence-electron chi connectivity index (χ1n) is 9.52. The molecule has 1 aliphatic heterocycles. The van der Waals surface area contributed by atoms with E-state index in [4.69, 9.17) is 23.8 Å². The lowest BCUT2D eigenvalue weighted by molar-refractivity contribution is -0.132. The Hall–Kier alpha value is -2.64. The first-order valence-corrected chi connectivity index (χ1v) is 10.3. The number of aryl methyl sites for hydroxylation is 1. The van der Waals surface area contributed by atoms with Gasteiger partial charge in [-0.25, -0.2) is 0 Å². The third-order valence-corrected chi connectivity index (χ3v) is 5.78. The molecule has 0 spiro atoms. The molecule has 6 nitrogen and oxygen atoms in total. The SMILES string of the molecule is Cc1cccc(-c2n[nH]c(=S)n2CC(=O)N2CCN(c3ccccc3Cl)CC2)c1. The molecule has 1 amide bonds. The van der Waals surface area contributed by atoms with Crippen LogP contribution in [-0.4, -0.2) is 51.8 Å². The topological polar surface area (TPSA) is 57.2 Å². The quantitative estimate of drug-likeness (QED) is 0.641. The molecule has 8 heteroatoms. The summed E-state index contributed by atoms with van der Waals surface area (Å²) in [5.41, 5.74) is 3.08. The lowest BCUT2D eigenvalue weighted by Crippen LogP contribution is -2.49. The molecule has 3 aromatic rings. The van der Waals surface area contributed by atoms with Crippen molar-refractivity contribution in [1.29, 1.82) is 0 Å². The number of carbonyl (C=O) groups is 1. The fraction of sp³-hybridized carbons (Fsp3) is 0.286. The Morgan fingerprint density at radius 3 is 2.62 bits per heavy atom. The summed E-state index contributed by atoms with van der Waals surface area (Å²) < 4.78 is 2.22. The van der Waals surface area contributed by atoms with E-state index >= 15 is 0 Å². The van der Waals surface area contributed by atoms with Crippen LogP contribution in [0.2, 0.25) is 5.02 Å². The van der Waals surface area contributed by atoms with Crippen molar-refractivity contribution in [3.8, 4) is 11.4 Å². The summed E-state index contributed by atoms with van der Waals surface area (Å²) in [5.74, 6) is 0.719. The highest BCUT2D eigenvalue weighted by Gasteiger charge is 2.23. The fourth-order valence-electron chi connectivity index (χ4n) is 3.61. The fourth-order valence-corrected chi connectivity index (χ4v) is 4.06. The number of aromatic amines is 1. The standard InChI is InChI=1S/C21H22ClN5OS/c1-15-5-4-6-16(13-15)20-23-24-21(29)27(20)14-19(28)26-11-9-25(10-12-26)18-8-3-2-7-17(18)22/h2-8,13H,9-12,14H2,1H3,(H,24,29). The lowest BCUT2D eigenvalue weighted by atomic mass is 10.1. The minimum absolute atomic E-state index is 0.0372. The summed E-state index contributed by atoms with van der Waals surface area (Å²) in [7, 11) is 0. The molecule has 150 valence electrons. The first kappa shape index (κ1) is 19.7. The van der Waals surface area contributed by atoms with E-state index < -0.39 is 0 Å². The van der Waals surface area contributed by atoms with Crippen LogP contribution in [0, 0.1) is 11.7 Å². The second-order valence-corrected chi connectivity index (χ2v) is 7.92. The van der Waals surface area contributed by atoms with Crippen LogP contribution in [0.4, 0.5) is 5.69 Å². The number of halogens is 1. The van der Waals surface area contributed by atoms with E-state index in [1.165, 1.54) is 0 Å². The number of nitrogens with one attached hydrogen (secondary N) is 1. The van der Waals surface area contributed by atoms with Crippen LogP contribution in [0.1, 0.15) is 5.56 Å². The van der Waals surface area contributed by atoms with Gasteiger partial charge in [0.25, 0.3) is 0 Å². The Labute approximate surface area is 179 Å². The number of anilines is 1. The van der Waals surface area contributed by atoms with Gasteiger partial charge in [0.15, 0.2) is 10.6 Å². The smallest absolute Gasteiger partial charge is 0.242 e. The normalized spacial score (nSPS) is 14.3. The average molecular weight is 428 g/mol. The molecular weight excluding hydrogens is 406 g/mol. The molecule has 0 atom stereocenters. The van der Waals surface area contributed by atoms with E-state index in [1.807, 2.05) is 60.4 Å². The Morgan fingerprint density at radius 1 is 1.14 bits per heavy atom. The summed E-state index contributed by atoms with van der Waals surface area (Å²) in [6.45, 7) is 4.99. The minimum atomic E-state index is 0.0372.